The van der Waals surface area contributed by atoms with Crippen LogP contribution in [0.1, 0.15) is 19.8 Å². The molecular formula is C11H15BrClNO2S. The summed E-state index contributed by atoms with van der Waals surface area (Å²) in [5.74, 6) is 0. The fourth-order valence-electron chi connectivity index (χ4n) is 1.36. The van der Waals surface area contributed by atoms with Gasteiger partial charge in [-0.3, -0.25) is 0 Å². The monoisotopic (exact) mass is 339 g/mol. The molecule has 6 heteroatoms. The number of sulfonamides is 1. The number of alkyl halides is 1. The Hall–Kier alpha value is -0.100. The second-order valence-corrected chi connectivity index (χ2v) is 6.88. The van der Waals surface area contributed by atoms with Crippen LogP contribution in [0, 0.1) is 0 Å². The summed E-state index contributed by atoms with van der Waals surface area (Å²) in [6.07, 6.45) is 1.73. The highest BCUT2D eigenvalue weighted by Crippen LogP contribution is 2.20. The van der Waals surface area contributed by atoms with Crippen LogP contribution in [-0.2, 0) is 10.0 Å². The maximum absolute atomic E-state index is 12.0. The topological polar surface area (TPSA) is 46.2 Å². The maximum Gasteiger partial charge on any atom is 0.241 e. The predicted molar refractivity (Wildman–Crippen MR) is 73.9 cm³/mol. The van der Waals surface area contributed by atoms with Crippen LogP contribution in [0.2, 0.25) is 0 Å². The number of hydrogen-bond donors (Lipinski definition) is 1. The van der Waals surface area contributed by atoms with E-state index < -0.39 is 10.0 Å². The van der Waals surface area contributed by atoms with Crippen LogP contribution in [0.3, 0.4) is 0 Å². The van der Waals surface area contributed by atoms with E-state index in [1.165, 1.54) is 0 Å². The van der Waals surface area contributed by atoms with Crippen molar-refractivity contribution in [2.75, 3.05) is 6.54 Å². The summed E-state index contributed by atoms with van der Waals surface area (Å²) < 4.78 is 27.0. The van der Waals surface area contributed by atoms with Crippen molar-refractivity contribution in [3.05, 3.63) is 28.7 Å². The first-order valence-electron chi connectivity index (χ1n) is 5.35. The summed E-state index contributed by atoms with van der Waals surface area (Å²) in [6, 6.07) is 6.70. The first-order chi connectivity index (χ1) is 7.97. The van der Waals surface area contributed by atoms with Crippen molar-refractivity contribution in [3.63, 3.8) is 0 Å². The Morgan fingerprint density at radius 3 is 2.65 bits per heavy atom. The van der Waals surface area contributed by atoms with Crippen molar-refractivity contribution in [1.82, 2.24) is 4.72 Å². The van der Waals surface area contributed by atoms with E-state index in [0.29, 0.717) is 4.47 Å². The van der Waals surface area contributed by atoms with Crippen molar-refractivity contribution < 1.29 is 8.42 Å². The zero-order valence-corrected chi connectivity index (χ0v) is 12.6. The van der Waals surface area contributed by atoms with Crippen LogP contribution in [0.25, 0.3) is 0 Å². The molecule has 1 aromatic rings. The van der Waals surface area contributed by atoms with Gasteiger partial charge in [-0.15, -0.1) is 11.6 Å². The standard InChI is InChI=1S/C11H15BrClNO2S/c1-2-5-9(13)8-14-17(15,16)11-7-4-3-6-10(11)12/h3-4,6-7,9,14H,2,5,8H2,1H3. The second kappa shape index (κ2) is 6.73. The SMILES string of the molecule is CCCC(Cl)CNS(=O)(=O)c1ccccc1Br. The Bertz CT molecular complexity index is 464. The van der Waals surface area contributed by atoms with Gasteiger partial charge in [-0.25, -0.2) is 13.1 Å². The molecule has 1 N–H and O–H groups in total. The Balaban J connectivity index is 2.73. The van der Waals surface area contributed by atoms with Crippen LogP contribution in [0.4, 0.5) is 0 Å². The van der Waals surface area contributed by atoms with E-state index in [-0.39, 0.29) is 16.8 Å². The van der Waals surface area contributed by atoms with Crippen molar-refractivity contribution >= 4 is 37.6 Å². The van der Waals surface area contributed by atoms with Gasteiger partial charge in [0.25, 0.3) is 0 Å². The molecule has 1 rings (SSSR count). The molecule has 0 bridgehead atoms. The van der Waals surface area contributed by atoms with E-state index in [1.807, 2.05) is 6.92 Å². The third-order valence-electron chi connectivity index (χ3n) is 2.22. The van der Waals surface area contributed by atoms with Crippen LogP contribution < -0.4 is 4.72 Å². The molecule has 1 aromatic carbocycles. The predicted octanol–water partition coefficient (Wildman–Crippen LogP) is 3.13. The van der Waals surface area contributed by atoms with Crippen molar-refractivity contribution in [2.45, 2.75) is 30.0 Å². The molecule has 0 fully saturated rings. The van der Waals surface area contributed by atoms with Gasteiger partial charge in [-0.1, -0.05) is 25.5 Å². The third-order valence-corrected chi connectivity index (χ3v) is 5.03. The molecule has 0 spiro atoms. The van der Waals surface area contributed by atoms with Gasteiger partial charge in [0.15, 0.2) is 0 Å². The fraction of sp³-hybridized carbons (Fsp3) is 0.455. The van der Waals surface area contributed by atoms with Gasteiger partial charge in [-0.05, 0) is 34.5 Å². The van der Waals surface area contributed by atoms with E-state index >= 15 is 0 Å². The molecule has 0 aromatic heterocycles. The van der Waals surface area contributed by atoms with Crippen LogP contribution in [-0.4, -0.2) is 20.3 Å². The highest BCUT2D eigenvalue weighted by atomic mass is 79.9. The molecule has 1 atom stereocenters. The second-order valence-electron chi connectivity index (χ2n) is 3.67. The van der Waals surface area contributed by atoms with Crippen LogP contribution in [0.5, 0.6) is 0 Å². The lowest BCUT2D eigenvalue weighted by atomic mass is 10.2. The molecule has 96 valence electrons. The number of halogens is 2. The van der Waals surface area contributed by atoms with Gasteiger partial charge >= 0.3 is 0 Å². The average Bonchev–Trinajstić information content (AvgIpc) is 2.27. The summed E-state index contributed by atoms with van der Waals surface area (Å²) in [5, 5.41) is -0.169. The van der Waals surface area contributed by atoms with E-state index in [1.54, 1.807) is 24.3 Å². The molecule has 0 saturated heterocycles. The summed E-state index contributed by atoms with van der Waals surface area (Å²) >= 11 is 9.19. The van der Waals surface area contributed by atoms with Gasteiger partial charge in [0.1, 0.15) is 0 Å². The fourth-order valence-corrected chi connectivity index (χ4v) is 3.83. The van der Waals surface area contributed by atoms with Gasteiger partial charge < -0.3 is 0 Å². The van der Waals surface area contributed by atoms with Gasteiger partial charge in [0, 0.05) is 16.4 Å². The van der Waals surface area contributed by atoms with Crippen molar-refractivity contribution in [1.29, 1.82) is 0 Å². The van der Waals surface area contributed by atoms with Gasteiger partial charge in [-0.2, -0.15) is 0 Å². The van der Waals surface area contributed by atoms with Crippen LogP contribution >= 0.6 is 27.5 Å². The van der Waals surface area contributed by atoms with Crippen molar-refractivity contribution in [3.8, 4) is 0 Å². The molecule has 0 aliphatic rings. The first kappa shape index (κ1) is 15.0. The largest absolute Gasteiger partial charge is 0.241 e. The van der Waals surface area contributed by atoms with E-state index in [2.05, 4.69) is 20.7 Å². The molecule has 1 unspecified atom stereocenters. The summed E-state index contributed by atoms with van der Waals surface area (Å²) in [6.45, 7) is 2.26. The molecule has 0 radical (unpaired) electrons. The number of hydrogen-bond acceptors (Lipinski definition) is 2. The molecule has 0 aliphatic heterocycles. The Kier molecular flexibility index (Phi) is 5.92. The Labute approximate surface area is 116 Å². The average molecular weight is 341 g/mol. The first-order valence-corrected chi connectivity index (χ1v) is 8.07. The normalized spacial score (nSPS) is 13.6. The Morgan fingerprint density at radius 1 is 1.41 bits per heavy atom. The lowest BCUT2D eigenvalue weighted by Crippen LogP contribution is -2.30. The van der Waals surface area contributed by atoms with E-state index in [0.717, 1.165) is 12.8 Å². The molecule has 0 amide bonds. The number of nitrogens with one attached hydrogen (secondary N) is 1. The lowest BCUT2D eigenvalue weighted by molar-refractivity contribution is 0.576. The zero-order chi connectivity index (χ0) is 12.9. The molecule has 17 heavy (non-hydrogen) atoms. The van der Waals surface area contributed by atoms with E-state index in [9.17, 15) is 8.42 Å². The smallest absolute Gasteiger partial charge is 0.210 e. The maximum atomic E-state index is 12.0. The molecule has 0 heterocycles. The minimum absolute atomic E-state index is 0.169. The highest BCUT2D eigenvalue weighted by molar-refractivity contribution is 9.10. The third kappa shape index (κ3) is 4.58. The minimum Gasteiger partial charge on any atom is -0.210 e. The quantitative estimate of drug-likeness (QED) is 0.809. The van der Waals surface area contributed by atoms with Crippen LogP contribution in [0.15, 0.2) is 33.6 Å². The highest BCUT2D eigenvalue weighted by Gasteiger charge is 2.17. The molecular weight excluding hydrogens is 326 g/mol. The molecule has 0 aliphatic carbocycles. The number of benzene rings is 1. The molecule has 0 saturated carbocycles. The van der Waals surface area contributed by atoms with E-state index in [4.69, 9.17) is 11.6 Å². The van der Waals surface area contributed by atoms with Crippen molar-refractivity contribution in [2.24, 2.45) is 0 Å². The Morgan fingerprint density at radius 2 is 2.06 bits per heavy atom. The zero-order valence-electron chi connectivity index (χ0n) is 9.49. The minimum atomic E-state index is -3.49. The number of rotatable bonds is 6. The van der Waals surface area contributed by atoms with Gasteiger partial charge in [0.2, 0.25) is 10.0 Å². The summed E-state index contributed by atoms with van der Waals surface area (Å²) in [7, 11) is -3.49. The summed E-state index contributed by atoms with van der Waals surface area (Å²) in [4.78, 5) is 0.236. The lowest BCUT2D eigenvalue weighted by Gasteiger charge is -2.11. The summed E-state index contributed by atoms with van der Waals surface area (Å²) in [5.41, 5.74) is 0. The molecule has 3 nitrogen and oxygen atoms in total. The van der Waals surface area contributed by atoms with Gasteiger partial charge in [0.05, 0.1) is 4.90 Å².